The van der Waals surface area contributed by atoms with E-state index in [0.29, 0.717) is 18.9 Å². The van der Waals surface area contributed by atoms with Gasteiger partial charge >= 0.3 is 0 Å². The Labute approximate surface area is 158 Å². The topological polar surface area (TPSA) is 106 Å². The van der Waals surface area contributed by atoms with Gasteiger partial charge < -0.3 is 10.6 Å². The number of hydrogen-bond donors (Lipinski definition) is 1. The first-order valence-corrected chi connectivity index (χ1v) is 11.0. The van der Waals surface area contributed by atoms with E-state index in [4.69, 9.17) is 15.7 Å². The lowest BCUT2D eigenvalue weighted by molar-refractivity contribution is -0.119. The Bertz CT molecular complexity index is 1020. The fourth-order valence-corrected chi connectivity index (χ4v) is 4.63. The molecular weight excluding hydrogens is 364 g/mol. The van der Waals surface area contributed by atoms with Gasteiger partial charge in [-0.1, -0.05) is 12.1 Å². The van der Waals surface area contributed by atoms with E-state index in [9.17, 15) is 13.2 Å². The summed E-state index contributed by atoms with van der Waals surface area (Å²) in [5.41, 5.74) is 9.12. The summed E-state index contributed by atoms with van der Waals surface area (Å²) in [7, 11) is -3.31. The van der Waals surface area contributed by atoms with E-state index in [1.165, 1.54) is 6.26 Å². The number of aromatic nitrogens is 2. The lowest BCUT2D eigenvalue weighted by Crippen LogP contribution is -2.41. The van der Waals surface area contributed by atoms with Crippen LogP contribution in [0.15, 0.2) is 29.2 Å². The van der Waals surface area contributed by atoms with Gasteiger partial charge in [-0.3, -0.25) is 4.79 Å². The largest absolute Gasteiger partial charge is 0.368 e. The summed E-state index contributed by atoms with van der Waals surface area (Å²) in [5.74, 6) is 0.147. The van der Waals surface area contributed by atoms with Crippen molar-refractivity contribution in [2.24, 2.45) is 5.73 Å². The number of nitrogens with two attached hydrogens (primary N) is 1. The van der Waals surface area contributed by atoms with Crippen LogP contribution in [0.2, 0.25) is 0 Å². The molecule has 2 heterocycles. The van der Waals surface area contributed by atoms with Crippen molar-refractivity contribution >= 4 is 21.7 Å². The average Bonchev–Trinajstić information content (AvgIpc) is 3.29. The SMILES string of the molecule is CS(=O)(=O)c1cccc(-c2nc(N3CCC[C@H]3C(N)=O)nc3c2CCC3)c1. The van der Waals surface area contributed by atoms with Crippen LogP contribution in [-0.4, -0.2) is 43.1 Å². The summed E-state index contributed by atoms with van der Waals surface area (Å²) in [4.78, 5) is 23.4. The van der Waals surface area contributed by atoms with Gasteiger partial charge in [0.2, 0.25) is 11.9 Å². The van der Waals surface area contributed by atoms with Crippen LogP contribution < -0.4 is 10.6 Å². The standard InChI is InChI=1S/C19H22N4O3S/c1-27(25,26)13-6-2-5-12(11-13)17-14-7-3-8-15(14)21-19(22-17)23-10-4-9-16(23)18(20)24/h2,5-6,11,16H,3-4,7-10H2,1H3,(H2,20,24)/t16-/m0/s1. The van der Waals surface area contributed by atoms with Gasteiger partial charge in [-0.25, -0.2) is 18.4 Å². The Morgan fingerprint density at radius 1 is 1.22 bits per heavy atom. The van der Waals surface area contributed by atoms with E-state index < -0.39 is 9.84 Å². The van der Waals surface area contributed by atoms with E-state index in [0.717, 1.165) is 48.2 Å². The van der Waals surface area contributed by atoms with Crippen LogP contribution in [0.5, 0.6) is 0 Å². The summed E-state index contributed by atoms with van der Waals surface area (Å²) < 4.78 is 23.9. The monoisotopic (exact) mass is 386 g/mol. The molecule has 1 amide bonds. The Morgan fingerprint density at radius 2 is 2.04 bits per heavy atom. The highest BCUT2D eigenvalue weighted by Gasteiger charge is 2.32. The Morgan fingerprint density at radius 3 is 2.78 bits per heavy atom. The zero-order valence-corrected chi connectivity index (χ0v) is 16.0. The summed E-state index contributed by atoms with van der Waals surface area (Å²) in [6.07, 6.45) is 5.49. The van der Waals surface area contributed by atoms with E-state index >= 15 is 0 Å². The predicted octanol–water partition coefficient (Wildman–Crippen LogP) is 1.49. The minimum absolute atomic E-state index is 0.267. The third-order valence-corrected chi connectivity index (χ3v) is 6.41. The highest BCUT2D eigenvalue weighted by atomic mass is 32.2. The molecule has 0 unspecified atom stereocenters. The Hall–Kier alpha value is -2.48. The Balaban J connectivity index is 1.84. The number of anilines is 1. The second kappa shape index (κ2) is 6.60. The van der Waals surface area contributed by atoms with Gasteiger partial charge in [-0.15, -0.1) is 0 Å². The second-order valence-corrected chi connectivity index (χ2v) is 9.22. The van der Waals surface area contributed by atoms with Gasteiger partial charge in [0.25, 0.3) is 0 Å². The van der Waals surface area contributed by atoms with Crippen LogP contribution in [0.25, 0.3) is 11.3 Å². The maximum Gasteiger partial charge on any atom is 0.240 e. The number of hydrogen-bond acceptors (Lipinski definition) is 6. The van der Waals surface area contributed by atoms with Gasteiger partial charge in [0, 0.05) is 29.6 Å². The van der Waals surface area contributed by atoms with Crippen LogP contribution in [-0.2, 0) is 27.5 Å². The van der Waals surface area contributed by atoms with Crippen molar-refractivity contribution < 1.29 is 13.2 Å². The maximum absolute atomic E-state index is 12.0. The molecule has 1 atom stereocenters. The van der Waals surface area contributed by atoms with E-state index in [1.807, 2.05) is 11.0 Å². The summed E-state index contributed by atoms with van der Waals surface area (Å²) in [6, 6.07) is 6.46. The summed E-state index contributed by atoms with van der Waals surface area (Å²) in [5, 5.41) is 0. The number of fused-ring (bicyclic) bond motifs is 1. The number of carbonyl (C=O) groups excluding carboxylic acids is 1. The minimum atomic E-state index is -3.31. The molecule has 0 bridgehead atoms. The lowest BCUT2D eigenvalue weighted by Gasteiger charge is -2.23. The number of aryl methyl sites for hydroxylation is 1. The van der Waals surface area contributed by atoms with Crippen LogP contribution in [0, 0.1) is 0 Å². The molecule has 4 rings (SSSR count). The highest BCUT2D eigenvalue weighted by Crippen LogP contribution is 2.34. The molecule has 1 aromatic carbocycles. The number of rotatable bonds is 4. The second-order valence-electron chi connectivity index (χ2n) is 7.20. The van der Waals surface area contributed by atoms with Gasteiger partial charge in [0.1, 0.15) is 6.04 Å². The van der Waals surface area contributed by atoms with Crippen molar-refractivity contribution in [3.8, 4) is 11.3 Å². The smallest absolute Gasteiger partial charge is 0.240 e. The third-order valence-electron chi connectivity index (χ3n) is 5.30. The van der Waals surface area contributed by atoms with Crippen molar-refractivity contribution in [1.29, 1.82) is 0 Å². The molecule has 2 aromatic rings. The normalized spacial score (nSPS) is 19.3. The number of carbonyl (C=O) groups is 1. The van der Waals surface area contributed by atoms with Gasteiger partial charge in [0.05, 0.1) is 10.6 Å². The third kappa shape index (κ3) is 3.29. The molecule has 142 valence electrons. The average molecular weight is 386 g/mol. The predicted molar refractivity (Wildman–Crippen MR) is 102 cm³/mol. The number of primary amides is 1. The lowest BCUT2D eigenvalue weighted by atomic mass is 10.1. The molecule has 27 heavy (non-hydrogen) atoms. The quantitative estimate of drug-likeness (QED) is 0.853. The summed E-state index contributed by atoms with van der Waals surface area (Å²) >= 11 is 0. The molecule has 1 aliphatic heterocycles. The molecule has 1 aliphatic carbocycles. The van der Waals surface area contributed by atoms with Crippen molar-refractivity contribution in [1.82, 2.24) is 9.97 Å². The van der Waals surface area contributed by atoms with E-state index in [1.54, 1.807) is 18.2 Å². The first-order chi connectivity index (χ1) is 12.8. The van der Waals surface area contributed by atoms with Gasteiger partial charge in [-0.05, 0) is 44.2 Å². The highest BCUT2D eigenvalue weighted by molar-refractivity contribution is 7.90. The molecule has 7 nitrogen and oxygen atoms in total. The van der Waals surface area contributed by atoms with E-state index in [-0.39, 0.29) is 16.8 Å². The van der Waals surface area contributed by atoms with Crippen molar-refractivity contribution in [2.75, 3.05) is 17.7 Å². The van der Waals surface area contributed by atoms with Gasteiger partial charge in [0.15, 0.2) is 9.84 Å². The first kappa shape index (κ1) is 17.9. The molecule has 1 saturated heterocycles. The molecule has 0 radical (unpaired) electrons. The van der Waals surface area contributed by atoms with E-state index in [2.05, 4.69) is 0 Å². The number of nitrogens with zero attached hydrogens (tertiary/aromatic N) is 3. The zero-order chi connectivity index (χ0) is 19.2. The molecule has 8 heteroatoms. The molecule has 0 saturated carbocycles. The molecule has 0 spiro atoms. The summed E-state index contributed by atoms with van der Waals surface area (Å²) in [6.45, 7) is 0.690. The Kier molecular flexibility index (Phi) is 4.38. The van der Waals surface area contributed by atoms with Crippen LogP contribution in [0.3, 0.4) is 0 Å². The number of benzene rings is 1. The molecule has 1 aromatic heterocycles. The fraction of sp³-hybridized carbons (Fsp3) is 0.421. The maximum atomic E-state index is 12.0. The van der Waals surface area contributed by atoms with Crippen LogP contribution >= 0.6 is 0 Å². The minimum Gasteiger partial charge on any atom is -0.368 e. The molecular formula is C19H22N4O3S. The number of amides is 1. The zero-order valence-electron chi connectivity index (χ0n) is 15.2. The van der Waals surface area contributed by atoms with Crippen molar-refractivity contribution in [3.63, 3.8) is 0 Å². The van der Waals surface area contributed by atoms with Crippen molar-refractivity contribution in [2.45, 2.75) is 43.0 Å². The van der Waals surface area contributed by atoms with Crippen LogP contribution in [0.4, 0.5) is 5.95 Å². The van der Waals surface area contributed by atoms with Crippen molar-refractivity contribution in [3.05, 3.63) is 35.5 Å². The van der Waals surface area contributed by atoms with Gasteiger partial charge in [-0.2, -0.15) is 0 Å². The van der Waals surface area contributed by atoms with Crippen LogP contribution in [0.1, 0.15) is 30.5 Å². The molecule has 1 fully saturated rings. The fourth-order valence-electron chi connectivity index (χ4n) is 3.96. The first-order valence-electron chi connectivity index (χ1n) is 9.11. The number of sulfone groups is 1. The molecule has 2 aliphatic rings. The molecule has 2 N–H and O–H groups in total.